The molecule has 1 saturated carbocycles. The van der Waals surface area contributed by atoms with E-state index in [4.69, 9.17) is 24.0 Å². The second-order valence-corrected chi connectivity index (χ2v) is 9.08. The van der Waals surface area contributed by atoms with Crippen LogP contribution in [0.25, 0.3) is 6.08 Å². The number of hydrogen-bond acceptors (Lipinski definition) is 8. The molecule has 0 aromatic heterocycles. The zero-order valence-corrected chi connectivity index (χ0v) is 22.3. The first-order valence-corrected chi connectivity index (χ1v) is 12.8. The molecule has 39 heavy (non-hydrogen) atoms. The van der Waals surface area contributed by atoms with E-state index in [1.54, 1.807) is 21.1 Å². The average Bonchev–Trinajstić information content (AvgIpc) is 3.36. The van der Waals surface area contributed by atoms with Crippen molar-refractivity contribution in [3.05, 3.63) is 77.4 Å². The SMILES string of the molecule is CCOC(=O)C=CC(=O)OCC(=O)N1N=C2C(=Cc3ccc(OC)cc3)CCCC2C1c1ccc(OC)cc1. The van der Waals surface area contributed by atoms with E-state index >= 15 is 0 Å². The van der Waals surface area contributed by atoms with Crippen LogP contribution in [0.4, 0.5) is 0 Å². The van der Waals surface area contributed by atoms with Gasteiger partial charge in [0.15, 0.2) is 6.61 Å². The van der Waals surface area contributed by atoms with Crippen molar-refractivity contribution in [3.63, 3.8) is 0 Å². The minimum atomic E-state index is -0.818. The second-order valence-electron chi connectivity index (χ2n) is 9.08. The van der Waals surface area contributed by atoms with Crippen LogP contribution in [0.15, 0.2) is 71.4 Å². The van der Waals surface area contributed by atoms with E-state index in [-0.39, 0.29) is 18.6 Å². The molecule has 1 amide bonds. The molecular formula is C30H32N2O7. The van der Waals surface area contributed by atoms with Crippen molar-refractivity contribution in [2.24, 2.45) is 11.0 Å². The molecule has 0 radical (unpaired) electrons. The molecule has 0 saturated heterocycles. The molecule has 1 aliphatic heterocycles. The monoisotopic (exact) mass is 532 g/mol. The highest BCUT2D eigenvalue weighted by atomic mass is 16.5. The predicted octanol–water partition coefficient (Wildman–Crippen LogP) is 4.49. The van der Waals surface area contributed by atoms with Crippen molar-refractivity contribution in [1.82, 2.24) is 5.01 Å². The summed E-state index contributed by atoms with van der Waals surface area (Å²) < 4.78 is 20.4. The maximum atomic E-state index is 13.3. The highest BCUT2D eigenvalue weighted by Crippen LogP contribution is 2.44. The van der Waals surface area contributed by atoms with Crippen LogP contribution in [-0.2, 0) is 23.9 Å². The maximum absolute atomic E-state index is 13.3. The van der Waals surface area contributed by atoms with Gasteiger partial charge in [0.05, 0.1) is 32.6 Å². The summed E-state index contributed by atoms with van der Waals surface area (Å²) in [7, 11) is 3.23. The summed E-state index contributed by atoms with van der Waals surface area (Å²) in [6.45, 7) is 1.34. The van der Waals surface area contributed by atoms with Gasteiger partial charge in [-0.3, -0.25) is 4.79 Å². The Labute approximate surface area is 227 Å². The first kappa shape index (κ1) is 27.6. The highest BCUT2D eigenvalue weighted by Gasteiger charge is 2.43. The van der Waals surface area contributed by atoms with Crippen LogP contribution in [0.5, 0.6) is 11.5 Å². The summed E-state index contributed by atoms with van der Waals surface area (Å²) in [6.07, 6.45) is 6.67. The lowest BCUT2D eigenvalue weighted by Crippen LogP contribution is -2.34. The second kappa shape index (κ2) is 12.9. The molecule has 1 heterocycles. The van der Waals surface area contributed by atoms with Crippen LogP contribution < -0.4 is 9.47 Å². The van der Waals surface area contributed by atoms with Gasteiger partial charge in [-0.05, 0) is 73.2 Å². The number of nitrogens with zero attached hydrogens (tertiary/aromatic N) is 2. The number of hydrogen-bond donors (Lipinski definition) is 0. The van der Waals surface area contributed by atoms with E-state index in [0.717, 1.165) is 59.6 Å². The van der Waals surface area contributed by atoms with E-state index in [9.17, 15) is 14.4 Å². The van der Waals surface area contributed by atoms with Crippen LogP contribution in [-0.4, -0.2) is 56.0 Å². The number of allylic oxidation sites excluding steroid dienone is 1. The molecule has 2 aromatic carbocycles. The Morgan fingerprint density at radius 1 is 0.923 bits per heavy atom. The molecule has 0 bridgehead atoms. The fourth-order valence-corrected chi connectivity index (χ4v) is 4.82. The number of carbonyl (C=O) groups excluding carboxylic acids is 3. The number of methoxy groups -OCH3 is 2. The molecule has 2 aliphatic rings. The van der Waals surface area contributed by atoms with Crippen LogP contribution in [0.1, 0.15) is 43.4 Å². The van der Waals surface area contributed by atoms with Crippen molar-refractivity contribution in [3.8, 4) is 11.5 Å². The van der Waals surface area contributed by atoms with E-state index in [1.165, 1.54) is 5.01 Å². The molecule has 2 atom stereocenters. The number of esters is 2. The highest BCUT2D eigenvalue weighted by molar-refractivity contribution is 6.08. The number of carbonyl (C=O) groups is 3. The quantitative estimate of drug-likeness (QED) is 0.346. The summed E-state index contributed by atoms with van der Waals surface area (Å²) in [4.78, 5) is 36.9. The van der Waals surface area contributed by atoms with Crippen molar-refractivity contribution < 1.29 is 33.3 Å². The van der Waals surface area contributed by atoms with Crippen LogP contribution >= 0.6 is 0 Å². The van der Waals surface area contributed by atoms with Crippen molar-refractivity contribution >= 4 is 29.6 Å². The minimum absolute atomic E-state index is 0.0139. The minimum Gasteiger partial charge on any atom is -0.497 e. The van der Waals surface area contributed by atoms with Gasteiger partial charge in [0, 0.05) is 18.1 Å². The van der Waals surface area contributed by atoms with Gasteiger partial charge in [0.2, 0.25) is 0 Å². The number of ether oxygens (including phenoxy) is 4. The van der Waals surface area contributed by atoms with Crippen LogP contribution in [0.2, 0.25) is 0 Å². The zero-order valence-electron chi connectivity index (χ0n) is 22.3. The number of rotatable bonds is 9. The third kappa shape index (κ3) is 6.73. The lowest BCUT2D eigenvalue weighted by molar-refractivity contribution is -0.149. The van der Waals surface area contributed by atoms with E-state index in [1.807, 2.05) is 48.5 Å². The van der Waals surface area contributed by atoms with Gasteiger partial charge in [-0.2, -0.15) is 5.10 Å². The van der Waals surface area contributed by atoms with E-state index < -0.39 is 24.5 Å². The normalized spacial score (nSPS) is 19.4. The summed E-state index contributed by atoms with van der Waals surface area (Å²) in [5, 5.41) is 6.22. The van der Waals surface area contributed by atoms with Crippen LogP contribution in [0, 0.1) is 5.92 Å². The Hall–Kier alpha value is -4.40. The largest absolute Gasteiger partial charge is 0.497 e. The third-order valence-electron chi connectivity index (χ3n) is 6.65. The molecule has 9 nitrogen and oxygen atoms in total. The van der Waals surface area contributed by atoms with Gasteiger partial charge >= 0.3 is 11.9 Å². The Morgan fingerprint density at radius 2 is 1.54 bits per heavy atom. The fourth-order valence-electron chi connectivity index (χ4n) is 4.82. The van der Waals surface area contributed by atoms with E-state index in [0.29, 0.717) is 5.75 Å². The van der Waals surface area contributed by atoms with Gasteiger partial charge in [-0.15, -0.1) is 0 Å². The number of benzene rings is 2. The Balaban J connectivity index is 1.59. The molecule has 2 aromatic rings. The summed E-state index contributed by atoms with van der Waals surface area (Å²) in [5.41, 5.74) is 3.86. The molecule has 1 aliphatic carbocycles. The molecule has 9 heteroatoms. The van der Waals surface area contributed by atoms with Gasteiger partial charge in [0.1, 0.15) is 11.5 Å². The molecule has 204 valence electrons. The molecule has 0 N–H and O–H groups in total. The summed E-state index contributed by atoms with van der Waals surface area (Å²) in [6, 6.07) is 15.0. The van der Waals surface area contributed by atoms with E-state index in [2.05, 4.69) is 6.08 Å². The number of amides is 1. The summed E-state index contributed by atoms with van der Waals surface area (Å²) >= 11 is 0. The van der Waals surface area contributed by atoms with Gasteiger partial charge < -0.3 is 18.9 Å². The predicted molar refractivity (Wildman–Crippen MR) is 145 cm³/mol. The Bertz CT molecular complexity index is 1280. The number of fused-ring (bicyclic) bond motifs is 1. The van der Waals surface area contributed by atoms with Crippen molar-refractivity contribution in [1.29, 1.82) is 0 Å². The fraction of sp³-hybridized carbons (Fsp3) is 0.333. The first-order valence-electron chi connectivity index (χ1n) is 12.8. The average molecular weight is 533 g/mol. The van der Waals surface area contributed by atoms with Gasteiger partial charge in [0.25, 0.3) is 5.91 Å². The first-order chi connectivity index (χ1) is 18.9. The molecule has 4 rings (SSSR count). The maximum Gasteiger partial charge on any atom is 0.331 e. The van der Waals surface area contributed by atoms with Gasteiger partial charge in [-0.25, -0.2) is 14.6 Å². The third-order valence-corrected chi connectivity index (χ3v) is 6.65. The van der Waals surface area contributed by atoms with Gasteiger partial charge in [-0.1, -0.05) is 24.3 Å². The lowest BCUT2D eigenvalue weighted by Gasteiger charge is -2.29. The topological polar surface area (TPSA) is 104 Å². The standard InChI is InChI=1S/C30H32N2O7/c1-4-38-27(34)16-17-28(35)39-19-26(33)32-30(21-10-14-24(37-3)15-11-21)25-7-5-6-22(29(25)31-32)18-20-8-12-23(36-2)13-9-20/h8-18,25,30H,4-7,19H2,1-3H3. The Morgan fingerprint density at radius 3 is 2.15 bits per heavy atom. The van der Waals surface area contributed by atoms with Crippen molar-refractivity contribution in [2.45, 2.75) is 32.2 Å². The smallest absolute Gasteiger partial charge is 0.331 e. The van der Waals surface area contributed by atoms with Crippen LogP contribution in [0.3, 0.4) is 0 Å². The Kier molecular flexibility index (Phi) is 9.14. The number of hydrazone groups is 1. The lowest BCUT2D eigenvalue weighted by atomic mass is 9.77. The molecule has 1 fully saturated rings. The molecular weight excluding hydrogens is 500 g/mol. The molecule has 0 spiro atoms. The molecule has 2 unspecified atom stereocenters. The summed E-state index contributed by atoms with van der Waals surface area (Å²) in [5.74, 6) is -0.464. The zero-order chi connectivity index (χ0) is 27.8. The van der Waals surface area contributed by atoms with Crippen molar-refractivity contribution in [2.75, 3.05) is 27.4 Å².